The Bertz CT molecular complexity index is 693. The SMILES string of the molecule is O=S(=O)(C#Cc1ccccc1)c1ccc(F)cc1. The lowest BCUT2D eigenvalue weighted by Gasteiger charge is -1.95. The molecule has 0 radical (unpaired) electrons. The number of benzene rings is 2. The Labute approximate surface area is 105 Å². The zero-order valence-electron chi connectivity index (χ0n) is 9.30. The Morgan fingerprint density at radius 3 is 2.11 bits per heavy atom. The molecule has 2 nitrogen and oxygen atoms in total. The van der Waals surface area contributed by atoms with Crippen molar-refractivity contribution in [3.05, 3.63) is 66.0 Å². The molecule has 0 N–H and O–H groups in total. The molecular weight excluding hydrogens is 251 g/mol. The molecule has 2 aromatic carbocycles. The van der Waals surface area contributed by atoms with Gasteiger partial charge in [-0.05, 0) is 42.3 Å². The van der Waals surface area contributed by atoms with Crippen LogP contribution < -0.4 is 0 Å². The van der Waals surface area contributed by atoms with Gasteiger partial charge in [0.15, 0.2) is 0 Å². The highest BCUT2D eigenvalue weighted by molar-refractivity contribution is 7.96. The standard InChI is InChI=1S/C14H9FO2S/c15-13-6-8-14(9-7-13)18(16,17)11-10-12-4-2-1-3-5-12/h1-9H. The van der Waals surface area contributed by atoms with Crippen LogP contribution in [0.5, 0.6) is 0 Å². The van der Waals surface area contributed by atoms with Crippen molar-refractivity contribution in [3.63, 3.8) is 0 Å². The lowest BCUT2D eigenvalue weighted by atomic mass is 10.2. The predicted molar refractivity (Wildman–Crippen MR) is 66.9 cm³/mol. The first-order valence-electron chi connectivity index (χ1n) is 5.16. The van der Waals surface area contributed by atoms with Crippen molar-refractivity contribution in [1.82, 2.24) is 0 Å². The van der Waals surface area contributed by atoms with Crippen LogP contribution in [0.2, 0.25) is 0 Å². The first-order valence-corrected chi connectivity index (χ1v) is 6.65. The lowest BCUT2D eigenvalue weighted by Crippen LogP contribution is -1.96. The van der Waals surface area contributed by atoms with E-state index in [4.69, 9.17) is 0 Å². The summed E-state index contributed by atoms with van der Waals surface area (Å²) in [5.74, 6) is 2.08. The van der Waals surface area contributed by atoms with Gasteiger partial charge >= 0.3 is 0 Å². The molecule has 0 spiro atoms. The van der Waals surface area contributed by atoms with Gasteiger partial charge < -0.3 is 0 Å². The summed E-state index contributed by atoms with van der Waals surface area (Å²) in [7, 11) is -3.70. The van der Waals surface area contributed by atoms with E-state index in [0.29, 0.717) is 5.56 Å². The molecule has 0 amide bonds. The van der Waals surface area contributed by atoms with Gasteiger partial charge in [-0.15, -0.1) is 0 Å². The summed E-state index contributed by atoms with van der Waals surface area (Å²) in [6, 6.07) is 13.4. The minimum Gasteiger partial charge on any atom is -0.210 e. The van der Waals surface area contributed by atoms with Gasteiger partial charge in [0.05, 0.1) is 4.90 Å². The monoisotopic (exact) mass is 260 g/mol. The lowest BCUT2D eigenvalue weighted by molar-refractivity contribution is 0.604. The Balaban J connectivity index is 2.34. The van der Waals surface area contributed by atoms with Crippen molar-refractivity contribution in [2.24, 2.45) is 0 Å². The molecule has 0 atom stereocenters. The Kier molecular flexibility index (Phi) is 3.45. The highest BCUT2D eigenvalue weighted by Gasteiger charge is 2.10. The molecule has 0 saturated heterocycles. The van der Waals surface area contributed by atoms with Gasteiger partial charge in [0.25, 0.3) is 0 Å². The van der Waals surface area contributed by atoms with E-state index >= 15 is 0 Å². The van der Waals surface area contributed by atoms with Crippen molar-refractivity contribution in [2.45, 2.75) is 4.90 Å². The average molecular weight is 260 g/mol. The van der Waals surface area contributed by atoms with E-state index in [1.54, 1.807) is 24.3 Å². The van der Waals surface area contributed by atoms with E-state index in [-0.39, 0.29) is 4.90 Å². The molecule has 0 unspecified atom stereocenters. The number of hydrogen-bond acceptors (Lipinski definition) is 2. The number of halogens is 1. The Hall–Kier alpha value is -2.12. The summed E-state index contributed by atoms with van der Waals surface area (Å²) < 4.78 is 36.3. The van der Waals surface area contributed by atoms with Gasteiger partial charge in [0.2, 0.25) is 9.84 Å². The van der Waals surface area contributed by atoms with Crippen LogP contribution in [-0.2, 0) is 9.84 Å². The van der Waals surface area contributed by atoms with E-state index in [9.17, 15) is 12.8 Å². The van der Waals surface area contributed by atoms with Crippen LogP contribution >= 0.6 is 0 Å². The van der Waals surface area contributed by atoms with Crippen molar-refractivity contribution >= 4 is 9.84 Å². The number of sulfone groups is 1. The summed E-state index contributed by atoms with van der Waals surface area (Å²) in [5.41, 5.74) is 0.614. The Morgan fingerprint density at radius 2 is 1.50 bits per heavy atom. The van der Waals surface area contributed by atoms with Crippen LogP contribution in [-0.4, -0.2) is 8.42 Å². The second-order valence-electron chi connectivity index (χ2n) is 3.55. The average Bonchev–Trinajstić information content (AvgIpc) is 2.38. The van der Waals surface area contributed by atoms with E-state index in [1.165, 1.54) is 12.1 Å². The molecule has 18 heavy (non-hydrogen) atoms. The molecule has 2 aromatic rings. The molecule has 0 aliphatic heterocycles. The first kappa shape index (κ1) is 12.3. The third kappa shape index (κ3) is 2.96. The van der Waals surface area contributed by atoms with E-state index < -0.39 is 15.7 Å². The van der Waals surface area contributed by atoms with E-state index in [1.807, 2.05) is 6.07 Å². The van der Waals surface area contributed by atoms with Gasteiger partial charge in [-0.1, -0.05) is 18.2 Å². The smallest absolute Gasteiger partial charge is 0.210 e. The third-order valence-corrected chi connectivity index (χ3v) is 3.49. The maximum absolute atomic E-state index is 12.7. The maximum Gasteiger partial charge on any atom is 0.245 e. The summed E-state index contributed by atoms with van der Waals surface area (Å²) in [5, 5.41) is 2.21. The van der Waals surface area contributed by atoms with Crippen molar-refractivity contribution < 1.29 is 12.8 Å². The minimum absolute atomic E-state index is 0.00710. The van der Waals surface area contributed by atoms with Crippen molar-refractivity contribution in [1.29, 1.82) is 0 Å². The van der Waals surface area contributed by atoms with Crippen LogP contribution in [0.1, 0.15) is 5.56 Å². The van der Waals surface area contributed by atoms with Gasteiger partial charge in [-0.25, -0.2) is 12.8 Å². The summed E-state index contributed by atoms with van der Waals surface area (Å²) >= 11 is 0. The van der Waals surface area contributed by atoms with Crippen molar-refractivity contribution in [2.75, 3.05) is 0 Å². The van der Waals surface area contributed by atoms with Crippen molar-refractivity contribution in [3.8, 4) is 11.2 Å². The van der Waals surface area contributed by atoms with Gasteiger partial charge in [0.1, 0.15) is 5.82 Å². The molecule has 0 saturated carbocycles. The largest absolute Gasteiger partial charge is 0.245 e. The predicted octanol–water partition coefficient (Wildman–Crippen LogP) is 2.61. The number of hydrogen-bond donors (Lipinski definition) is 0. The minimum atomic E-state index is -3.70. The van der Waals surface area contributed by atoms with Crippen LogP contribution in [0.25, 0.3) is 0 Å². The van der Waals surface area contributed by atoms with Crippen LogP contribution in [0.4, 0.5) is 4.39 Å². The molecule has 0 aromatic heterocycles. The zero-order valence-corrected chi connectivity index (χ0v) is 10.1. The van der Waals surface area contributed by atoms with Gasteiger partial charge in [-0.2, -0.15) is 0 Å². The highest BCUT2D eigenvalue weighted by Crippen LogP contribution is 2.11. The fourth-order valence-corrected chi connectivity index (χ4v) is 2.18. The Morgan fingerprint density at radius 1 is 0.889 bits per heavy atom. The molecule has 90 valence electrons. The number of rotatable bonds is 1. The summed E-state index contributed by atoms with van der Waals surface area (Å²) in [4.78, 5) is -0.00710. The van der Waals surface area contributed by atoms with Gasteiger partial charge in [0, 0.05) is 10.8 Å². The highest BCUT2D eigenvalue weighted by atomic mass is 32.2. The molecule has 0 fully saturated rings. The normalized spacial score (nSPS) is 10.5. The fraction of sp³-hybridized carbons (Fsp3) is 0. The topological polar surface area (TPSA) is 34.1 Å². The zero-order chi connectivity index (χ0) is 13.0. The molecule has 0 bridgehead atoms. The first-order chi connectivity index (χ1) is 8.58. The van der Waals surface area contributed by atoms with E-state index in [0.717, 1.165) is 12.1 Å². The molecule has 4 heteroatoms. The van der Waals surface area contributed by atoms with Crippen LogP contribution in [0.15, 0.2) is 59.5 Å². The third-order valence-electron chi connectivity index (χ3n) is 2.23. The molecule has 0 heterocycles. The second-order valence-corrected chi connectivity index (χ2v) is 5.23. The second kappa shape index (κ2) is 5.03. The van der Waals surface area contributed by atoms with Gasteiger partial charge in [-0.3, -0.25) is 0 Å². The van der Waals surface area contributed by atoms with Crippen LogP contribution in [0.3, 0.4) is 0 Å². The molecule has 2 rings (SSSR count). The maximum atomic E-state index is 12.7. The molecule has 0 aliphatic rings. The summed E-state index contributed by atoms with van der Waals surface area (Å²) in [6.07, 6.45) is 0. The fourth-order valence-electron chi connectivity index (χ4n) is 1.32. The quantitative estimate of drug-likeness (QED) is 0.583. The molecule has 0 aliphatic carbocycles. The molecular formula is C14H9FO2S. The van der Waals surface area contributed by atoms with E-state index in [2.05, 4.69) is 11.2 Å². The summed E-state index contributed by atoms with van der Waals surface area (Å²) in [6.45, 7) is 0. The van der Waals surface area contributed by atoms with Crippen LogP contribution in [0, 0.1) is 17.0 Å².